The Kier molecular flexibility index (Phi) is 4.40. The first-order valence-electron chi connectivity index (χ1n) is 10.7. The lowest BCUT2D eigenvalue weighted by Gasteiger charge is -2.49. The summed E-state index contributed by atoms with van der Waals surface area (Å²) in [7, 11) is 0. The third-order valence-corrected chi connectivity index (χ3v) is 7.92. The van der Waals surface area contributed by atoms with E-state index < -0.39 is 0 Å². The first kappa shape index (κ1) is 18.6. The van der Waals surface area contributed by atoms with E-state index in [9.17, 15) is 9.90 Å². The summed E-state index contributed by atoms with van der Waals surface area (Å²) in [4.78, 5) is 12.4. The molecule has 3 heteroatoms. The van der Waals surface area contributed by atoms with Gasteiger partial charge in [0, 0.05) is 0 Å². The molecule has 0 amide bonds. The second-order valence-electron chi connectivity index (χ2n) is 9.26. The highest BCUT2D eigenvalue weighted by Gasteiger charge is 2.54. The summed E-state index contributed by atoms with van der Waals surface area (Å²) in [5.74, 6) is 1.97. The van der Waals surface area contributed by atoms with Crippen LogP contribution in [-0.2, 0) is 6.42 Å². The first-order valence-corrected chi connectivity index (χ1v) is 10.7. The molecule has 1 N–H and O–H groups in total. The van der Waals surface area contributed by atoms with Gasteiger partial charge in [0.2, 0.25) is 0 Å². The number of carbonyl (C=O) groups is 1. The van der Waals surface area contributed by atoms with Gasteiger partial charge in [-0.15, -0.1) is 0 Å². The molecule has 0 spiro atoms. The van der Waals surface area contributed by atoms with Crippen LogP contribution in [0.4, 0.5) is 0 Å². The zero-order valence-electron chi connectivity index (χ0n) is 16.9. The van der Waals surface area contributed by atoms with Gasteiger partial charge in [-0.25, -0.2) is 4.79 Å². The summed E-state index contributed by atoms with van der Waals surface area (Å²) in [5.41, 5.74) is 4.43. The molecule has 5 rings (SSSR count). The molecule has 2 aromatic rings. The number of aryl methyl sites for hydroxylation is 1. The highest BCUT2D eigenvalue weighted by molar-refractivity contribution is 5.91. The van der Waals surface area contributed by atoms with Crippen LogP contribution in [0.5, 0.6) is 5.75 Å². The Morgan fingerprint density at radius 1 is 1.17 bits per heavy atom. The molecular formula is C26H28O3. The number of hydrogen-bond donors (Lipinski definition) is 1. The molecule has 0 radical (unpaired) electrons. The largest absolute Gasteiger partial charge is 0.423 e. The van der Waals surface area contributed by atoms with E-state index in [1.807, 2.05) is 24.3 Å². The van der Waals surface area contributed by atoms with Crippen LogP contribution in [0, 0.1) is 17.3 Å². The number of carbonyl (C=O) groups excluding carboxylic acids is 1. The van der Waals surface area contributed by atoms with Crippen molar-refractivity contribution in [2.24, 2.45) is 17.3 Å². The predicted molar refractivity (Wildman–Crippen MR) is 113 cm³/mol. The third kappa shape index (κ3) is 2.95. The summed E-state index contributed by atoms with van der Waals surface area (Å²) in [5, 5.41) is 10.4. The summed E-state index contributed by atoms with van der Waals surface area (Å²) >= 11 is 0. The summed E-state index contributed by atoms with van der Waals surface area (Å²) in [6, 6.07) is 15.3. The van der Waals surface area contributed by atoms with Gasteiger partial charge in [0.15, 0.2) is 0 Å². The van der Waals surface area contributed by atoms with Crippen molar-refractivity contribution in [1.82, 2.24) is 0 Å². The number of hydrogen-bond acceptors (Lipinski definition) is 3. The molecule has 0 unspecified atom stereocenters. The van der Waals surface area contributed by atoms with Crippen molar-refractivity contribution in [2.75, 3.05) is 0 Å². The Balaban J connectivity index is 1.38. The highest BCUT2D eigenvalue weighted by atomic mass is 16.5. The zero-order valence-corrected chi connectivity index (χ0v) is 16.9. The van der Waals surface area contributed by atoms with Crippen LogP contribution in [0.15, 0.2) is 60.7 Å². The van der Waals surface area contributed by atoms with E-state index in [1.165, 1.54) is 11.1 Å². The number of esters is 1. The second-order valence-corrected chi connectivity index (χ2v) is 9.26. The van der Waals surface area contributed by atoms with Crippen LogP contribution in [-0.4, -0.2) is 17.2 Å². The van der Waals surface area contributed by atoms with Crippen LogP contribution >= 0.6 is 0 Å². The van der Waals surface area contributed by atoms with Crippen molar-refractivity contribution in [2.45, 2.75) is 51.0 Å². The van der Waals surface area contributed by atoms with Crippen LogP contribution in [0.3, 0.4) is 0 Å². The van der Waals surface area contributed by atoms with Crippen molar-refractivity contribution < 1.29 is 14.6 Å². The molecule has 5 atom stereocenters. The summed E-state index contributed by atoms with van der Waals surface area (Å²) < 4.78 is 5.63. The SMILES string of the molecule is C=C1[C@H](O)C[C@H]2[C@@H]3CCc4cc(OC(=O)c5ccccc5)ccc4[C@H]3CC[C@]12C. The molecular weight excluding hydrogens is 360 g/mol. The topological polar surface area (TPSA) is 46.5 Å². The first-order chi connectivity index (χ1) is 14.0. The fourth-order valence-corrected chi connectivity index (χ4v) is 6.28. The summed E-state index contributed by atoms with van der Waals surface area (Å²) in [6.45, 7) is 6.55. The van der Waals surface area contributed by atoms with E-state index in [-0.39, 0.29) is 17.5 Å². The second kappa shape index (κ2) is 6.84. The van der Waals surface area contributed by atoms with Crippen LogP contribution < -0.4 is 4.74 Å². The Hall–Kier alpha value is -2.39. The Bertz CT molecular complexity index is 963. The lowest BCUT2D eigenvalue weighted by atomic mass is 9.55. The van der Waals surface area contributed by atoms with Gasteiger partial charge in [-0.1, -0.05) is 37.8 Å². The molecule has 0 bridgehead atoms. The molecule has 0 saturated heterocycles. The van der Waals surface area contributed by atoms with Gasteiger partial charge in [0.05, 0.1) is 11.7 Å². The molecule has 3 nitrogen and oxygen atoms in total. The van der Waals surface area contributed by atoms with Gasteiger partial charge in [-0.2, -0.15) is 0 Å². The molecule has 0 heterocycles. The van der Waals surface area contributed by atoms with Crippen molar-refractivity contribution in [1.29, 1.82) is 0 Å². The molecule has 0 aliphatic heterocycles. The van der Waals surface area contributed by atoms with Crippen molar-refractivity contribution in [3.63, 3.8) is 0 Å². The summed E-state index contributed by atoms with van der Waals surface area (Å²) in [6.07, 6.45) is 4.89. The quantitative estimate of drug-likeness (QED) is 0.432. The lowest BCUT2D eigenvalue weighted by molar-refractivity contribution is 0.0731. The molecule has 2 aromatic carbocycles. The molecule has 2 saturated carbocycles. The van der Waals surface area contributed by atoms with Crippen LogP contribution in [0.25, 0.3) is 0 Å². The number of ether oxygens (including phenoxy) is 1. The van der Waals surface area contributed by atoms with Gasteiger partial charge in [0.1, 0.15) is 5.75 Å². The smallest absolute Gasteiger partial charge is 0.343 e. The van der Waals surface area contributed by atoms with Gasteiger partial charge >= 0.3 is 5.97 Å². The number of rotatable bonds is 2. The van der Waals surface area contributed by atoms with Gasteiger partial charge in [-0.3, -0.25) is 0 Å². The maximum atomic E-state index is 12.4. The Morgan fingerprint density at radius 3 is 2.76 bits per heavy atom. The minimum Gasteiger partial charge on any atom is -0.423 e. The number of fused-ring (bicyclic) bond motifs is 5. The average molecular weight is 389 g/mol. The van der Waals surface area contributed by atoms with Crippen LogP contribution in [0.1, 0.15) is 60.0 Å². The van der Waals surface area contributed by atoms with Gasteiger partial charge in [0.25, 0.3) is 0 Å². The van der Waals surface area contributed by atoms with Gasteiger partial charge in [-0.05, 0) is 96.2 Å². The highest BCUT2D eigenvalue weighted by Crippen LogP contribution is 2.62. The average Bonchev–Trinajstić information content (AvgIpc) is 2.98. The normalized spacial score (nSPS) is 32.8. The van der Waals surface area contributed by atoms with Crippen molar-refractivity contribution in [3.8, 4) is 5.75 Å². The van der Waals surface area contributed by atoms with E-state index in [1.54, 1.807) is 12.1 Å². The molecule has 0 aromatic heterocycles. The maximum absolute atomic E-state index is 12.4. The maximum Gasteiger partial charge on any atom is 0.343 e. The van der Waals surface area contributed by atoms with Crippen molar-refractivity contribution in [3.05, 3.63) is 77.4 Å². The van der Waals surface area contributed by atoms with Crippen LogP contribution in [0.2, 0.25) is 0 Å². The number of benzene rings is 2. The molecule has 2 fully saturated rings. The number of aliphatic hydroxyl groups is 1. The zero-order chi connectivity index (χ0) is 20.2. The Labute approximate surface area is 172 Å². The predicted octanol–water partition coefficient (Wildman–Crippen LogP) is 5.29. The van der Waals surface area contributed by atoms with Crippen molar-refractivity contribution >= 4 is 5.97 Å². The minimum absolute atomic E-state index is 0.0865. The molecule has 3 aliphatic carbocycles. The standard InChI is InChI=1S/C26H28O3/c1-16-24(27)15-23-22-10-8-18-14-19(29-25(28)17-6-4-3-5-7-17)9-11-20(18)21(22)12-13-26(16,23)2/h3-7,9,11,14,21-24,27H,1,8,10,12-13,15H2,2H3/t21-,22-,23+,24-,26-/m1/s1. The molecule has 3 aliphatic rings. The molecule has 29 heavy (non-hydrogen) atoms. The van der Waals surface area contributed by atoms with E-state index in [4.69, 9.17) is 4.74 Å². The monoisotopic (exact) mass is 388 g/mol. The molecule has 150 valence electrons. The van der Waals surface area contributed by atoms with E-state index in [0.717, 1.165) is 37.7 Å². The fourth-order valence-electron chi connectivity index (χ4n) is 6.28. The van der Waals surface area contributed by atoms with E-state index in [0.29, 0.717) is 29.1 Å². The van der Waals surface area contributed by atoms with E-state index >= 15 is 0 Å². The van der Waals surface area contributed by atoms with E-state index in [2.05, 4.69) is 25.6 Å². The lowest BCUT2D eigenvalue weighted by Crippen LogP contribution is -2.40. The minimum atomic E-state index is -0.343. The fraction of sp³-hybridized carbons (Fsp3) is 0.423. The third-order valence-electron chi connectivity index (χ3n) is 7.92. The Morgan fingerprint density at radius 2 is 1.97 bits per heavy atom. The number of aliphatic hydroxyl groups excluding tert-OH is 1. The van der Waals surface area contributed by atoms with Gasteiger partial charge < -0.3 is 9.84 Å².